The minimum Gasteiger partial charge on any atom is -0.385 e. The highest BCUT2D eigenvalue weighted by Crippen LogP contribution is 2.20. The van der Waals surface area contributed by atoms with E-state index in [-0.39, 0.29) is 29.9 Å². The molecule has 7 heteroatoms. The van der Waals surface area contributed by atoms with Crippen LogP contribution in [0.2, 0.25) is 0 Å². The Labute approximate surface area is 180 Å². The molecule has 1 aliphatic rings. The molecule has 1 saturated heterocycles. The summed E-state index contributed by atoms with van der Waals surface area (Å²) >= 11 is 0. The second kappa shape index (κ2) is 13.6. The van der Waals surface area contributed by atoms with Gasteiger partial charge in [0.1, 0.15) is 0 Å². The lowest BCUT2D eigenvalue weighted by Gasteiger charge is -2.34. The van der Waals surface area contributed by atoms with Crippen LogP contribution in [-0.4, -0.2) is 56.5 Å². The molecule has 0 aliphatic carbocycles. The van der Waals surface area contributed by atoms with Crippen molar-refractivity contribution in [3.63, 3.8) is 0 Å². The van der Waals surface area contributed by atoms with Gasteiger partial charge in [-0.25, -0.2) is 0 Å². The molecule has 1 heterocycles. The number of carbonyl (C=O) groups is 1. The zero-order valence-corrected chi connectivity index (χ0v) is 18.9. The van der Waals surface area contributed by atoms with Gasteiger partial charge in [0.2, 0.25) is 5.91 Å². The van der Waals surface area contributed by atoms with Crippen molar-refractivity contribution in [1.82, 2.24) is 15.5 Å². The first kappa shape index (κ1) is 23.5. The molecule has 0 unspecified atom stereocenters. The van der Waals surface area contributed by atoms with Crippen LogP contribution in [0.4, 0.5) is 5.69 Å². The lowest BCUT2D eigenvalue weighted by Crippen LogP contribution is -2.46. The monoisotopic (exact) mass is 487 g/mol. The third-order valence-electron chi connectivity index (χ3n) is 4.70. The number of benzene rings is 1. The number of para-hydroxylation sites is 1. The fourth-order valence-electron chi connectivity index (χ4n) is 3.19. The predicted octanol–water partition coefficient (Wildman–Crippen LogP) is 2.92. The molecule has 0 radical (unpaired) electrons. The van der Waals surface area contributed by atoms with Gasteiger partial charge in [-0.1, -0.05) is 18.2 Å². The van der Waals surface area contributed by atoms with E-state index < -0.39 is 0 Å². The number of rotatable bonds is 8. The van der Waals surface area contributed by atoms with Gasteiger partial charge in [0.25, 0.3) is 0 Å². The quantitative estimate of drug-likeness (QED) is 0.228. The molecule has 1 aromatic carbocycles. The molecule has 1 fully saturated rings. The molecule has 152 valence electrons. The highest BCUT2D eigenvalue weighted by molar-refractivity contribution is 14.0. The molecule has 0 atom stereocenters. The standard InChI is InChI=1S/C20H33N5O.HI/c1-3-22-20(24-13-7-12-23-18-8-5-4-6-9-18)25-14-10-17(11-15-25)16-19(26)21-2;/h4-6,8-9,17,23H,3,7,10-16H2,1-2H3,(H,21,26)(H,22,24);1H. The molecule has 27 heavy (non-hydrogen) atoms. The van der Waals surface area contributed by atoms with E-state index in [0.717, 1.165) is 63.6 Å². The third-order valence-corrected chi connectivity index (χ3v) is 4.70. The Kier molecular flexibility index (Phi) is 11.9. The number of nitrogens with one attached hydrogen (secondary N) is 3. The average Bonchev–Trinajstić information content (AvgIpc) is 2.68. The minimum atomic E-state index is 0. The fraction of sp³-hybridized carbons (Fsp3) is 0.600. The van der Waals surface area contributed by atoms with Crippen LogP contribution >= 0.6 is 24.0 Å². The van der Waals surface area contributed by atoms with E-state index in [0.29, 0.717) is 12.3 Å². The molecule has 0 saturated carbocycles. The number of aliphatic imine (C=N–C) groups is 1. The number of carbonyl (C=O) groups excluding carboxylic acids is 1. The maximum Gasteiger partial charge on any atom is 0.220 e. The molecule has 0 aromatic heterocycles. The maximum absolute atomic E-state index is 11.5. The van der Waals surface area contributed by atoms with Crippen LogP contribution in [-0.2, 0) is 4.79 Å². The summed E-state index contributed by atoms with van der Waals surface area (Å²) in [6.07, 6.45) is 3.74. The Bertz CT molecular complexity index is 559. The summed E-state index contributed by atoms with van der Waals surface area (Å²) in [5.74, 6) is 1.64. The van der Waals surface area contributed by atoms with Crippen molar-refractivity contribution in [2.24, 2.45) is 10.9 Å². The number of halogens is 1. The molecule has 2 rings (SSSR count). The van der Waals surface area contributed by atoms with Crippen LogP contribution in [0.25, 0.3) is 0 Å². The molecule has 6 nitrogen and oxygen atoms in total. The van der Waals surface area contributed by atoms with Crippen LogP contribution in [0.5, 0.6) is 0 Å². The molecule has 3 N–H and O–H groups in total. The molecule has 1 aromatic rings. The Morgan fingerprint density at radius 3 is 2.56 bits per heavy atom. The van der Waals surface area contributed by atoms with Gasteiger partial charge in [-0.15, -0.1) is 24.0 Å². The Hall–Kier alpha value is -1.51. The number of hydrogen-bond acceptors (Lipinski definition) is 3. The third kappa shape index (κ3) is 8.81. The van der Waals surface area contributed by atoms with Gasteiger partial charge < -0.3 is 20.9 Å². The number of anilines is 1. The van der Waals surface area contributed by atoms with E-state index in [1.165, 1.54) is 0 Å². The predicted molar refractivity (Wildman–Crippen MR) is 124 cm³/mol. The summed E-state index contributed by atoms with van der Waals surface area (Å²) in [5, 5.41) is 9.55. The molecule has 0 bridgehead atoms. The van der Waals surface area contributed by atoms with Crippen LogP contribution in [0.1, 0.15) is 32.6 Å². The number of likely N-dealkylation sites (tertiary alicyclic amines) is 1. The number of piperidine rings is 1. The summed E-state index contributed by atoms with van der Waals surface area (Å²) in [7, 11) is 1.71. The smallest absolute Gasteiger partial charge is 0.220 e. The number of guanidine groups is 1. The normalized spacial score (nSPS) is 15.0. The van der Waals surface area contributed by atoms with Crippen molar-refractivity contribution in [3.05, 3.63) is 30.3 Å². The Morgan fingerprint density at radius 2 is 1.93 bits per heavy atom. The van der Waals surface area contributed by atoms with Crippen molar-refractivity contribution in [1.29, 1.82) is 0 Å². The lowest BCUT2D eigenvalue weighted by molar-refractivity contribution is -0.121. The van der Waals surface area contributed by atoms with Crippen LogP contribution in [0.3, 0.4) is 0 Å². The van der Waals surface area contributed by atoms with Gasteiger partial charge in [-0.3, -0.25) is 9.79 Å². The first-order valence-corrected chi connectivity index (χ1v) is 9.75. The number of nitrogens with zero attached hydrogens (tertiary/aromatic N) is 2. The maximum atomic E-state index is 11.5. The van der Waals surface area contributed by atoms with Crippen molar-refractivity contribution >= 4 is 41.5 Å². The van der Waals surface area contributed by atoms with Crippen molar-refractivity contribution < 1.29 is 4.79 Å². The summed E-state index contributed by atoms with van der Waals surface area (Å²) in [5.41, 5.74) is 1.15. The Balaban J connectivity index is 0.00000364. The second-order valence-electron chi connectivity index (χ2n) is 6.69. The van der Waals surface area contributed by atoms with Gasteiger partial charge >= 0.3 is 0 Å². The summed E-state index contributed by atoms with van der Waals surface area (Å²) in [4.78, 5) is 18.6. The van der Waals surface area contributed by atoms with Gasteiger partial charge in [0.15, 0.2) is 5.96 Å². The van der Waals surface area contributed by atoms with Crippen LogP contribution in [0, 0.1) is 5.92 Å². The lowest BCUT2D eigenvalue weighted by atomic mass is 9.93. The van der Waals surface area contributed by atoms with Gasteiger partial charge in [0, 0.05) is 51.9 Å². The average molecular weight is 487 g/mol. The zero-order valence-electron chi connectivity index (χ0n) is 16.5. The van der Waals surface area contributed by atoms with E-state index in [1.807, 2.05) is 18.2 Å². The highest BCUT2D eigenvalue weighted by Gasteiger charge is 2.22. The molecular formula is C20H34IN5O. The van der Waals surface area contributed by atoms with E-state index in [2.05, 4.69) is 39.9 Å². The fourth-order valence-corrected chi connectivity index (χ4v) is 3.19. The van der Waals surface area contributed by atoms with E-state index in [4.69, 9.17) is 4.99 Å². The van der Waals surface area contributed by atoms with Crippen LogP contribution < -0.4 is 16.0 Å². The second-order valence-corrected chi connectivity index (χ2v) is 6.69. The summed E-state index contributed by atoms with van der Waals surface area (Å²) < 4.78 is 0. The van der Waals surface area contributed by atoms with Crippen molar-refractivity contribution in [3.8, 4) is 0 Å². The van der Waals surface area contributed by atoms with Crippen LogP contribution in [0.15, 0.2) is 35.3 Å². The van der Waals surface area contributed by atoms with Crippen molar-refractivity contribution in [2.45, 2.75) is 32.6 Å². The number of amides is 1. The molecule has 1 amide bonds. The van der Waals surface area contributed by atoms with Crippen molar-refractivity contribution in [2.75, 3.05) is 45.1 Å². The highest BCUT2D eigenvalue weighted by atomic mass is 127. The summed E-state index contributed by atoms with van der Waals surface area (Å²) in [6.45, 7) is 6.64. The zero-order chi connectivity index (χ0) is 18.6. The van der Waals surface area contributed by atoms with Gasteiger partial charge in [0.05, 0.1) is 0 Å². The first-order chi connectivity index (χ1) is 12.7. The van der Waals surface area contributed by atoms with E-state index in [1.54, 1.807) is 7.05 Å². The largest absolute Gasteiger partial charge is 0.385 e. The first-order valence-electron chi connectivity index (χ1n) is 9.75. The molecule has 1 aliphatic heterocycles. The number of hydrogen-bond donors (Lipinski definition) is 3. The van der Waals surface area contributed by atoms with E-state index in [9.17, 15) is 4.79 Å². The molecule has 0 spiro atoms. The summed E-state index contributed by atoms with van der Waals surface area (Å²) in [6, 6.07) is 10.3. The van der Waals surface area contributed by atoms with E-state index >= 15 is 0 Å². The van der Waals surface area contributed by atoms with Gasteiger partial charge in [-0.2, -0.15) is 0 Å². The minimum absolute atomic E-state index is 0. The van der Waals surface area contributed by atoms with Gasteiger partial charge in [-0.05, 0) is 44.2 Å². The SMILES string of the molecule is CCNC(=NCCCNc1ccccc1)N1CCC(CC(=O)NC)CC1.I. The topological polar surface area (TPSA) is 68.8 Å². The molecular weight excluding hydrogens is 453 g/mol. The Morgan fingerprint density at radius 1 is 1.22 bits per heavy atom.